The molecule has 3 N–H and O–H groups in total. The summed E-state index contributed by atoms with van der Waals surface area (Å²) in [6.45, 7) is 5.47. The fraction of sp³-hybridized carbons (Fsp3) is 0.500. The van der Waals surface area contributed by atoms with Crippen LogP contribution in [-0.4, -0.2) is 28.8 Å². The summed E-state index contributed by atoms with van der Waals surface area (Å²) >= 11 is 1.66. The Morgan fingerprint density at radius 2 is 2.26 bits per heavy atom. The fourth-order valence-corrected chi connectivity index (χ4v) is 3.65. The fourth-order valence-electron chi connectivity index (χ4n) is 2.79. The third kappa shape index (κ3) is 2.40. The van der Waals surface area contributed by atoms with Crippen LogP contribution in [0.5, 0.6) is 0 Å². The van der Waals surface area contributed by atoms with Crippen molar-refractivity contribution in [3.05, 3.63) is 17.1 Å². The molecule has 1 aromatic carbocycles. The average molecular weight is 277 g/mol. The van der Waals surface area contributed by atoms with Crippen LogP contribution in [-0.2, 0) is 0 Å². The first-order valence-electron chi connectivity index (χ1n) is 6.59. The Morgan fingerprint density at radius 1 is 1.47 bits per heavy atom. The van der Waals surface area contributed by atoms with Gasteiger partial charge >= 0.3 is 0 Å². The van der Waals surface area contributed by atoms with Crippen molar-refractivity contribution in [2.24, 2.45) is 0 Å². The highest BCUT2D eigenvalue weighted by molar-refractivity contribution is 7.18. The molecule has 0 saturated carbocycles. The van der Waals surface area contributed by atoms with Crippen molar-refractivity contribution < 1.29 is 5.11 Å². The lowest BCUT2D eigenvalue weighted by Crippen LogP contribution is -2.46. The number of anilines is 2. The lowest BCUT2D eigenvalue weighted by molar-refractivity contribution is 0.0450. The van der Waals surface area contributed by atoms with Gasteiger partial charge in [0.25, 0.3) is 0 Å². The molecule has 4 nitrogen and oxygen atoms in total. The van der Waals surface area contributed by atoms with Crippen molar-refractivity contribution >= 4 is 32.9 Å². The van der Waals surface area contributed by atoms with Crippen LogP contribution in [0.3, 0.4) is 0 Å². The SMILES string of the molecule is Cc1nc2cc(N3CCCC(C)(O)C3)c(N)cc2s1. The third-order valence-electron chi connectivity index (χ3n) is 3.66. The predicted molar refractivity (Wildman–Crippen MR) is 80.8 cm³/mol. The molecule has 0 bridgehead atoms. The summed E-state index contributed by atoms with van der Waals surface area (Å²) < 4.78 is 1.13. The predicted octanol–water partition coefficient (Wildman–Crippen LogP) is 2.54. The molecule has 2 aromatic rings. The number of aromatic nitrogens is 1. The number of fused-ring (bicyclic) bond motifs is 1. The van der Waals surface area contributed by atoms with E-state index in [1.54, 1.807) is 11.3 Å². The van der Waals surface area contributed by atoms with Crippen molar-refractivity contribution in [2.75, 3.05) is 23.7 Å². The van der Waals surface area contributed by atoms with Gasteiger partial charge in [-0.05, 0) is 38.8 Å². The number of hydrogen-bond acceptors (Lipinski definition) is 5. The molecular weight excluding hydrogens is 258 g/mol. The van der Waals surface area contributed by atoms with Gasteiger partial charge in [0.1, 0.15) is 0 Å². The Morgan fingerprint density at radius 3 is 3.00 bits per heavy atom. The molecule has 5 heteroatoms. The van der Waals surface area contributed by atoms with E-state index in [-0.39, 0.29) is 0 Å². The zero-order valence-corrected chi connectivity index (χ0v) is 12.1. The Balaban J connectivity index is 2.01. The number of nitrogen functional groups attached to an aromatic ring is 1. The van der Waals surface area contributed by atoms with Gasteiger partial charge in [-0.15, -0.1) is 11.3 Å². The van der Waals surface area contributed by atoms with Crippen LogP contribution in [0, 0.1) is 6.92 Å². The maximum absolute atomic E-state index is 10.2. The number of piperidine rings is 1. The minimum absolute atomic E-state index is 0.627. The maximum atomic E-state index is 10.2. The molecule has 102 valence electrons. The molecule has 1 fully saturated rings. The van der Waals surface area contributed by atoms with E-state index in [1.165, 1.54) is 0 Å². The summed E-state index contributed by atoms with van der Waals surface area (Å²) in [6.07, 6.45) is 1.84. The number of aryl methyl sites for hydroxylation is 1. The van der Waals surface area contributed by atoms with Crippen LogP contribution in [0.15, 0.2) is 12.1 Å². The summed E-state index contributed by atoms with van der Waals surface area (Å²) in [5.74, 6) is 0. The lowest BCUT2D eigenvalue weighted by Gasteiger charge is -2.38. The monoisotopic (exact) mass is 277 g/mol. The Bertz CT molecular complexity index is 620. The van der Waals surface area contributed by atoms with Crippen LogP contribution in [0.2, 0.25) is 0 Å². The van der Waals surface area contributed by atoms with Crippen molar-refractivity contribution in [3.8, 4) is 0 Å². The number of nitrogens with two attached hydrogens (primary N) is 1. The lowest BCUT2D eigenvalue weighted by atomic mass is 9.94. The van der Waals surface area contributed by atoms with Crippen molar-refractivity contribution in [1.29, 1.82) is 0 Å². The zero-order valence-electron chi connectivity index (χ0n) is 11.3. The number of aliphatic hydroxyl groups is 1. The van der Waals surface area contributed by atoms with Crippen LogP contribution in [0.25, 0.3) is 10.2 Å². The average Bonchev–Trinajstić information content (AvgIpc) is 2.65. The van der Waals surface area contributed by atoms with E-state index in [9.17, 15) is 5.11 Å². The van der Waals surface area contributed by atoms with Gasteiger partial charge in [0, 0.05) is 13.1 Å². The van der Waals surface area contributed by atoms with Crippen molar-refractivity contribution in [2.45, 2.75) is 32.3 Å². The molecule has 1 aromatic heterocycles. The second-order valence-corrected chi connectivity index (χ2v) is 6.87. The largest absolute Gasteiger partial charge is 0.397 e. The quantitative estimate of drug-likeness (QED) is 0.786. The number of thiazole rings is 1. The first-order chi connectivity index (χ1) is 8.94. The van der Waals surface area contributed by atoms with E-state index in [4.69, 9.17) is 5.73 Å². The van der Waals surface area contributed by atoms with Crippen molar-refractivity contribution in [3.63, 3.8) is 0 Å². The molecule has 19 heavy (non-hydrogen) atoms. The Labute approximate surface area is 116 Å². The topological polar surface area (TPSA) is 62.4 Å². The Hall–Kier alpha value is -1.33. The van der Waals surface area contributed by atoms with Gasteiger partial charge < -0.3 is 15.7 Å². The molecule has 2 heterocycles. The molecule has 1 aliphatic heterocycles. The third-order valence-corrected chi connectivity index (χ3v) is 4.59. The van der Waals surface area contributed by atoms with Crippen LogP contribution in [0.4, 0.5) is 11.4 Å². The Kier molecular flexibility index (Phi) is 2.91. The van der Waals surface area contributed by atoms with Gasteiger partial charge in [0.05, 0.1) is 32.2 Å². The highest BCUT2D eigenvalue weighted by atomic mass is 32.1. The summed E-state index contributed by atoms with van der Waals surface area (Å²) in [7, 11) is 0. The molecule has 1 unspecified atom stereocenters. The van der Waals surface area contributed by atoms with Crippen LogP contribution >= 0.6 is 11.3 Å². The van der Waals surface area contributed by atoms with Gasteiger partial charge in [-0.1, -0.05) is 0 Å². The molecule has 1 saturated heterocycles. The molecule has 1 atom stereocenters. The van der Waals surface area contributed by atoms with E-state index >= 15 is 0 Å². The van der Waals surface area contributed by atoms with Crippen LogP contribution in [0.1, 0.15) is 24.8 Å². The van der Waals surface area contributed by atoms with Gasteiger partial charge in [0.2, 0.25) is 0 Å². The first kappa shape index (κ1) is 12.7. The van der Waals surface area contributed by atoms with Gasteiger partial charge in [-0.25, -0.2) is 4.98 Å². The van der Waals surface area contributed by atoms with Crippen LogP contribution < -0.4 is 10.6 Å². The smallest absolute Gasteiger partial charge is 0.0907 e. The van der Waals surface area contributed by atoms with Gasteiger partial charge in [-0.2, -0.15) is 0 Å². The molecule has 3 rings (SSSR count). The minimum Gasteiger partial charge on any atom is -0.397 e. The zero-order chi connectivity index (χ0) is 13.6. The highest BCUT2D eigenvalue weighted by Gasteiger charge is 2.29. The summed E-state index contributed by atoms with van der Waals surface area (Å²) in [6, 6.07) is 4.05. The number of hydrogen-bond donors (Lipinski definition) is 2. The molecule has 0 amide bonds. The highest BCUT2D eigenvalue weighted by Crippen LogP contribution is 2.34. The molecular formula is C14H19N3OS. The van der Waals surface area contributed by atoms with E-state index in [2.05, 4.69) is 16.0 Å². The second kappa shape index (κ2) is 4.35. The summed E-state index contributed by atoms with van der Waals surface area (Å²) in [4.78, 5) is 6.69. The first-order valence-corrected chi connectivity index (χ1v) is 7.40. The minimum atomic E-state index is -0.627. The molecule has 0 radical (unpaired) electrons. The second-order valence-electron chi connectivity index (χ2n) is 5.63. The van der Waals surface area contributed by atoms with E-state index in [1.807, 2.05) is 19.9 Å². The summed E-state index contributed by atoms with van der Waals surface area (Å²) in [5, 5.41) is 11.3. The van der Waals surface area contributed by atoms with Gasteiger partial charge in [-0.3, -0.25) is 0 Å². The summed E-state index contributed by atoms with van der Waals surface area (Å²) in [5.41, 5.74) is 8.31. The van der Waals surface area contributed by atoms with Crippen molar-refractivity contribution in [1.82, 2.24) is 4.98 Å². The number of β-amino-alcohol motifs (C(OH)–C–C–N with tert-alkyl or cyclic N) is 1. The maximum Gasteiger partial charge on any atom is 0.0907 e. The number of benzene rings is 1. The van der Waals surface area contributed by atoms with E-state index in [0.29, 0.717) is 6.54 Å². The van der Waals surface area contributed by atoms with E-state index in [0.717, 1.165) is 46.0 Å². The molecule has 1 aliphatic rings. The normalized spacial score (nSPS) is 24.1. The molecule has 0 aliphatic carbocycles. The number of nitrogens with zero attached hydrogens (tertiary/aromatic N) is 2. The number of rotatable bonds is 1. The standard InChI is InChI=1S/C14H19N3OS/c1-9-16-11-7-12(10(15)6-13(11)19-9)17-5-3-4-14(2,18)8-17/h6-7,18H,3-5,8,15H2,1-2H3. The molecule has 0 spiro atoms. The van der Waals surface area contributed by atoms with Gasteiger partial charge in [0.15, 0.2) is 0 Å². The van der Waals surface area contributed by atoms with E-state index < -0.39 is 5.60 Å².